The van der Waals surface area contributed by atoms with Crippen molar-refractivity contribution in [1.82, 2.24) is 35.1 Å². The van der Waals surface area contributed by atoms with Crippen LogP contribution in [-0.2, 0) is 6.54 Å². The molecular formula is C20H19N7O2S. The van der Waals surface area contributed by atoms with E-state index in [2.05, 4.69) is 25.6 Å². The molecule has 0 unspecified atom stereocenters. The predicted molar refractivity (Wildman–Crippen MR) is 113 cm³/mol. The third kappa shape index (κ3) is 4.18. The number of para-hydroxylation sites is 1. The first kappa shape index (κ1) is 19.6. The molecule has 0 fully saturated rings. The largest absolute Gasteiger partial charge is 0.349 e. The smallest absolute Gasteiger partial charge is 0.273 e. The van der Waals surface area contributed by atoms with Crippen LogP contribution >= 0.6 is 11.3 Å². The van der Waals surface area contributed by atoms with Crippen molar-refractivity contribution in [2.75, 3.05) is 6.54 Å². The van der Waals surface area contributed by atoms with Crippen LogP contribution in [0.2, 0.25) is 0 Å². The quantitative estimate of drug-likeness (QED) is 0.510. The fraction of sp³-hybridized carbons (Fsp3) is 0.200. The molecule has 0 atom stereocenters. The van der Waals surface area contributed by atoms with Crippen molar-refractivity contribution in [2.45, 2.75) is 20.4 Å². The Morgan fingerprint density at radius 3 is 2.63 bits per heavy atom. The number of aromatic nitrogens is 6. The molecule has 0 radical (unpaired) electrons. The first-order valence-electron chi connectivity index (χ1n) is 9.30. The molecule has 1 amide bonds. The van der Waals surface area contributed by atoms with Crippen molar-refractivity contribution < 1.29 is 4.79 Å². The number of nitrogens with zero attached hydrogens (tertiary/aromatic N) is 6. The normalized spacial score (nSPS) is 10.9. The number of aryl methyl sites for hydroxylation is 2. The summed E-state index contributed by atoms with van der Waals surface area (Å²) in [5.41, 5.74) is 2.29. The zero-order valence-electron chi connectivity index (χ0n) is 16.4. The summed E-state index contributed by atoms with van der Waals surface area (Å²) in [5.74, 6) is -0.365. The average Bonchev–Trinajstić information content (AvgIpc) is 3.36. The molecule has 1 aromatic carbocycles. The van der Waals surface area contributed by atoms with Crippen molar-refractivity contribution in [3.05, 3.63) is 75.4 Å². The molecule has 0 aliphatic carbocycles. The van der Waals surface area contributed by atoms with E-state index in [0.29, 0.717) is 5.69 Å². The van der Waals surface area contributed by atoms with Gasteiger partial charge in [-0.1, -0.05) is 18.2 Å². The fourth-order valence-corrected chi connectivity index (χ4v) is 3.80. The standard InChI is InChI=1S/C20H19N7O2S/c1-13-19(30-14(2)23-13)16-8-9-18(28)26(24-16)11-10-21-20(29)17-12-22-27(25-17)15-6-4-3-5-7-15/h3-9,12H,10-11H2,1-2H3,(H,21,29). The van der Waals surface area contributed by atoms with Crippen LogP contribution in [0.1, 0.15) is 21.2 Å². The van der Waals surface area contributed by atoms with E-state index < -0.39 is 0 Å². The Bertz CT molecular complexity index is 1240. The first-order valence-corrected chi connectivity index (χ1v) is 10.1. The molecule has 0 aliphatic heterocycles. The van der Waals surface area contributed by atoms with Gasteiger partial charge in [-0.05, 0) is 32.0 Å². The number of thiazole rings is 1. The number of benzene rings is 1. The highest BCUT2D eigenvalue weighted by Crippen LogP contribution is 2.27. The van der Waals surface area contributed by atoms with Crippen LogP contribution in [0.25, 0.3) is 16.3 Å². The summed E-state index contributed by atoms with van der Waals surface area (Å²) in [6.07, 6.45) is 1.41. The number of nitrogens with one attached hydrogen (secondary N) is 1. The van der Waals surface area contributed by atoms with Gasteiger partial charge in [-0.25, -0.2) is 9.67 Å². The molecule has 30 heavy (non-hydrogen) atoms. The second-order valence-electron chi connectivity index (χ2n) is 6.54. The van der Waals surface area contributed by atoms with Gasteiger partial charge in [0.15, 0.2) is 5.69 Å². The van der Waals surface area contributed by atoms with Crippen LogP contribution in [0, 0.1) is 13.8 Å². The molecule has 0 saturated carbocycles. The lowest BCUT2D eigenvalue weighted by Crippen LogP contribution is -2.32. The highest BCUT2D eigenvalue weighted by molar-refractivity contribution is 7.15. The molecule has 9 nitrogen and oxygen atoms in total. The number of rotatable bonds is 6. The molecule has 10 heteroatoms. The summed E-state index contributed by atoms with van der Waals surface area (Å²) in [6, 6.07) is 12.5. The lowest BCUT2D eigenvalue weighted by atomic mass is 10.3. The van der Waals surface area contributed by atoms with E-state index in [1.165, 1.54) is 33.1 Å². The second-order valence-corrected chi connectivity index (χ2v) is 7.74. The molecular weight excluding hydrogens is 402 g/mol. The Morgan fingerprint density at radius 1 is 1.10 bits per heavy atom. The van der Waals surface area contributed by atoms with Crippen LogP contribution in [0.5, 0.6) is 0 Å². The summed E-state index contributed by atoms with van der Waals surface area (Å²) in [7, 11) is 0. The minimum Gasteiger partial charge on any atom is -0.349 e. The number of carbonyl (C=O) groups excluding carboxylic acids is 1. The Kier molecular flexibility index (Phi) is 5.48. The number of hydrogen-bond acceptors (Lipinski definition) is 7. The molecule has 0 bridgehead atoms. The minimum atomic E-state index is -0.365. The van der Waals surface area contributed by atoms with Crippen molar-refractivity contribution in [2.24, 2.45) is 0 Å². The molecule has 4 rings (SSSR count). The van der Waals surface area contributed by atoms with E-state index in [1.807, 2.05) is 44.2 Å². The van der Waals surface area contributed by atoms with Crippen LogP contribution in [-0.4, -0.2) is 42.2 Å². The van der Waals surface area contributed by atoms with E-state index in [0.717, 1.165) is 21.3 Å². The van der Waals surface area contributed by atoms with Gasteiger partial charge in [0, 0.05) is 12.6 Å². The summed E-state index contributed by atoms with van der Waals surface area (Å²) in [6.45, 7) is 4.32. The molecule has 0 saturated heterocycles. The molecule has 4 aromatic rings. The van der Waals surface area contributed by atoms with E-state index in [1.54, 1.807) is 6.07 Å². The van der Waals surface area contributed by atoms with Gasteiger partial charge in [-0.2, -0.15) is 15.0 Å². The maximum absolute atomic E-state index is 12.4. The van der Waals surface area contributed by atoms with Gasteiger partial charge in [0.05, 0.1) is 34.0 Å². The third-order valence-electron chi connectivity index (χ3n) is 4.32. The Morgan fingerprint density at radius 2 is 1.90 bits per heavy atom. The molecule has 152 valence electrons. The van der Waals surface area contributed by atoms with Crippen LogP contribution in [0.3, 0.4) is 0 Å². The highest BCUT2D eigenvalue weighted by Gasteiger charge is 2.13. The van der Waals surface area contributed by atoms with Crippen LogP contribution in [0.15, 0.2) is 53.5 Å². The maximum Gasteiger partial charge on any atom is 0.273 e. The van der Waals surface area contributed by atoms with Gasteiger partial charge in [0.1, 0.15) is 5.69 Å². The molecule has 3 heterocycles. The van der Waals surface area contributed by atoms with E-state index in [4.69, 9.17) is 0 Å². The molecule has 0 spiro atoms. The first-order chi connectivity index (χ1) is 14.5. The zero-order chi connectivity index (χ0) is 21.1. The number of carbonyl (C=O) groups is 1. The minimum absolute atomic E-state index is 0.198. The Labute approximate surface area is 176 Å². The maximum atomic E-state index is 12.4. The summed E-state index contributed by atoms with van der Waals surface area (Å²) in [5, 5.41) is 16.4. The van der Waals surface area contributed by atoms with Gasteiger partial charge in [0.25, 0.3) is 11.5 Å². The van der Waals surface area contributed by atoms with Crippen molar-refractivity contribution in [1.29, 1.82) is 0 Å². The molecule has 0 aliphatic rings. The number of hydrogen-bond donors (Lipinski definition) is 1. The van der Waals surface area contributed by atoms with Gasteiger partial charge >= 0.3 is 0 Å². The van der Waals surface area contributed by atoms with E-state index in [9.17, 15) is 9.59 Å². The lowest BCUT2D eigenvalue weighted by molar-refractivity contribution is 0.0946. The van der Waals surface area contributed by atoms with Crippen molar-refractivity contribution in [3.63, 3.8) is 0 Å². The SMILES string of the molecule is Cc1nc(C)c(-c2ccc(=O)n(CCNC(=O)c3cnn(-c4ccccc4)n3)n2)s1. The van der Waals surface area contributed by atoms with Gasteiger partial charge in [-0.15, -0.1) is 16.4 Å². The van der Waals surface area contributed by atoms with E-state index >= 15 is 0 Å². The monoisotopic (exact) mass is 421 g/mol. The summed E-state index contributed by atoms with van der Waals surface area (Å²) >= 11 is 1.53. The fourth-order valence-electron chi connectivity index (χ4n) is 2.92. The number of amides is 1. The highest BCUT2D eigenvalue weighted by atomic mass is 32.1. The van der Waals surface area contributed by atoms with Gasteiger partial charge < -0.3 is 5.32 Å². The van der Waals surface area contributed by atoms with Gasteiger partial charge in [-0.3, -0.25) is 9.59 Å². The van der Waals surface area contributed by atoms with E-state index in [-0.39, 0.29) is 30.2 Å². The summed E-state index contributed by atoms with van der Waals surface area (Å²) < 4.78 is 1.34. The lowest BCUT2D eigenvalue weighted by Gasteiger charge is -2.07. The Hall–Kier alpha value is -3.66. The Balaban J connectivity index is 1.41. The van der Waals surface area contributed by atoms with Crippen LogP contribution < -0.4 is 10.9 Å². The second kappa shape index (κ2) is 8.37. The zero-order valence-corrected chi connectivity index (χ0v) is 17.3. The predicted octanol–water partition coefficient (Wildman–Crippen LogP) is 1.99. The van der Waals surface area contributed by atoms with Crippen LogP contribution in [0.4, 0.5) is 0 Å². The topological polar surface area (TPSA) is 108 Å². The third-order valence-corrected chi connectivity index (χ3v) is 5.42. The molecule has 1 N–H and O–H groups in total. The average molecular weight is 421 g/mol. The summed E-state index contributed by atoms with van der Waals surface area (Å²) in [4.78, 5) is 31.2. The molecule has 3 aromatic heterocycles. The van der Waals surface area contributed by atoms with Crippen molar-refractivity contribution >= 4 is 17.2 Å². The van der Waals surface area contributed by atoms with Crippen molar-refractivity contribution in [3.8, 4) is 16.3 Å². The van der Waals surface area contributed by atoms with Gasteiger partial charge in [0.2, 0.25) is 0 Å².